The molecule has 3 rings (SSSR count). The van der Waals surface area contributed by atoms with Gasteiger partial charge in [0, 0.05) is 19.5 Å². The average Bonchev–Trinajstić information content (AvgIpc) is 2.85. The number of rotatable bonds is 1. The lowest BCUT2D eigenvalue weighted by molar-refractivity contribution is -0.135. The van der Waals surface area contributed by atoms with Crippen molar-refractivity contribution in [3.8, 4) is 0 Å². The Labute approximate surface area is 117 Å². The zero-order valence-electron chi connectivity index (χ0n) is 11.4. The monoisotopic (exact) mass is 276 g/mol. The normalized spacial score (nSPS) is 23.0. The van der Waals surface area contributed by atoms with Gasteiger partial charge in [0.2, 0.25) is 11.8 Å². The molecule has 2 heterocycles. The van der Waals surface area contributed by atoms with Gasteiger partial charge in [-0.1, -0.05) is 6.07 Å². The number of carbonyl (C=O) groups is 2. The number of hydrogen-bond acceptors (Lipinski definition) is 2. The van der Waals surface area contributed by atoms with Crippen LogP contribution >= 0.6 is 0 Å². The number of anilines is 1. The quantitative estimate of drug-likeness (QED) is 0.785. The molecule has 0 radical (unpaired) electrons. The van der Waals surface area contributed by atoms with Crippen LogP contribution in [0.1, 0.15) is 24.8 Å². The van der Waals surface area contributed by atoms with Crippen molar-refractivity contribution >= 4 is 17.5 Å². The standard InChI is InChI=1S/C15H17FN2O2/c1-10-4-5-12(11(16)9-10)18-8-6-14(19)17-7-2-3-13(17)15(18)20/h4-5,9,13H,2-3,6-8H2,1H3. The van der Waals surface area contributed by atoms with Crippen LogP contribution in [0.15, 0.2) is 18.2 Å². The number of fused-ring (bicyclic) bond motifs is 1. The molecule has 1 aromatic rings. The van der Waals surface area contributed by atoms with E-state index in [4.69, 9.17) is 0 Å². The lowest BCUT2D eigenvalue weighted by Crippen LogP contribution is -2.44. The first-order valence-electron chi connectivity index (χ1n) is 6.95. The second-order valence-electron chi connectivity index (χ2n) is 5.44. The third-order valence-corrected chi connectivity index (χ3v) is 4.07. The first kappa shape index (κ1) is 13.1. The SMILES string of the molecule is Cc1ccc(N2CCC(=O)N3CCCC3C2=O)c(F)c1. The van der Waals surface area contributed by atoms with Gasteiger partial charge < -0.3 is 9.80 Å². The molecule has 2 amide bonds. The van der Waals surface area contributed by atoms with Gasteiger partial charge in [-0.25, -0.2) is 4.39 Å². The number of amides is 2. The van der Waals surface area contributed by atoms with Crippen molar-refractivity contribution in [3.63, 3.8) is 0 Å². The molecule has 106 valence electrons. The predicted octanol–water partition coefficient (Wildman–Crippen LogP) is 1.86. The fourth-order valence-corrected chi connectivity index (χ4v) is 3.03. The van der Waals surface area contributed by atoms with E-state index >= 15 is 0 Å². The third-order valence-electron chi connectivity index (χ3n) is 4.07. The predicted molar refractivity (Wildman–Crippen MR) is 72.8 cm³/mol. The van der Waals surface area contributed by atoms with Crippen molar-refractivity contribution in [2.75, 3.05) is 18.0 Å². The highest BCUT2D eigenvalue weighted by Gasteiger charge is 2.40. The molecule has 0 aliphatic carbocycles. The second-order valence-corrected chi connectivity index (χ2v) is 5.44. The van der Waals surface area contributed by atoms with Gasteiger partial charge in [0.05, 0.1) is 5.69 Å². The number of aryl methyl sites for hydroxylation is 1. The van der Waals surface area contributed by atoms with Gasteiger partial charge in [0.15, 0.2) is 0 Å². The number of carbonyl (C=O) groups excluding carboxylic acids is 2. The fraction of sp³-hybridized carbons (Fsp3) is 0.467. The Morgan fingerprint density at radius 3 is 2.80 bits per heavy atom. The van der Waals surface area contributed by atoms with Crippen molar-refractivity contribution < 1.29 is 14.0 Å². The molecular formula is C15H17FN2O2. The van der Waals surface area contributed by atoms with Crippen molar-refractivity contribution in [1.82, 2.24) is 4.90 Å². The van der Waals surface area contributed by atoms with Crippen molar-refractivity contribution in [1.29, 1.82) is 0 Å². The summed E-state index contributed by atoms with van der Waals surface area (Å²) in [5.41, 5.74) is 1.09. The maximum atomic E-state index is 14.1. The molecule has 2 aliphatic rings. The molecular weight excluding hydrogens is 259 g/mol. The van der Waals surface area contributed by atoms with E-state index < -0.39 is 11.9 Å². The lowest BCUT2D eigenvalue weighted by atomic mass is 10.1. The largest absolute Gasteiger partial charge is 0.331 e. The Hall–Kier alpha value is -1.91. The third kappa shape index (κ3) is 2.07. The summed E-state index contributed by atoms with van der Waals surface area (Å²) in [6.45, 7) is 2.70. The minimum atomic E-state index is -0.411. The summed E-state index contributed by atoms with van der Waals surface area (Å²) >= 11 is 0. The van der Waals surface area contributed by atoms with Gasteiger partial charge in [0.1, 0.15) is 11.9 Å². The van der Waals surface area contributed by atoms with Crippen LogP contribution in [0.25, 0.3) is 0 Å². The van der Waals surface area contributed by atoms with Crippen LogP contribution in [0.5, 0.6) is 0 Å². The van der Waals surface area contributed by atoms with E-state index in [1.807, 2.05) is 0 Å². The molecule has 0 saturated carbocycles. The highest BCUT2D eigenvalue weighted by Crippen LogP contribution is 2.28. The van der Waals surface area contributed by atoms with Crippen LogP contribution in [0, 0.1) is 12.7 Å². The number of benzene rings is 1. The smallest absolute Gasteiger partial charge is 0.249 e. The molecule has 0 N–H and O–H groups in total. The molecule has 5 heteroatoms. The van der Waals surface area contributed by atoms with Gasteiger partial charge in [-0.2, -0.15) is 0 Å². The van der Waals surface area contributed by atoms with Crippen molar-refractivity contribution in [2.24, 2.45) is 0 Å². The Bertz CT molecular complexity index is 573. The second kappa shape index (κ2) is 4.89. The zero-order chi connectivity index (χ0) is 14.3. The maximum Gasteiger partial charge on any atom is 0.249 e. The Morgan fingerprint density at radius 1 is 1.25 bits per heavy atom. The first-order valence-corrected chi connectivity index (χ1v) is 6.95. The van der Waals surface area contributed by atoms with Gasteiger partial charge in [-0.3, -0.25) is 9.59 Å². The first-order chi connectivity index (χ1) is 9.58. The molecule has 0 bridgehead atoms. The molecule has 2 fully saturated rings. The Morgan fingerprint density at radius 2 is 2.05 bits per heavy atom. The Kier molecular flexibility index (Phi) is 3.20. The zero-order valence-corrected chi connectivity index (χ0v) is 11.4. The minimum Gasteiger partial charge on any atom is -0.331 e. The summed E-state index contributed by atoms with van der Waals surface area (Å²) in [5.74, 6) is -0.566. The van der Waals surface area contributed by atoms with E-state index in [2.05, 4.69) is 0 Å². The summed E-state index contributed by atoms with van der Waals surface area (Å²) < 4.78 is 14.1. The van der Waals surface area contributed by atoms with Gasteiger partial charge in [0.25, 0.3) is 0 Å². The summed E-state index contributed by atoms with van der Waals surface area (Å²) in [6, 6.07) is 4.41. The molecule has 2 saturated heterocycles. The van der Waals surface area contributed by atoms with E-state index in [-0.39, 0.29) is 30.5 Å². The van der Waals surface area contributed by atoms with Crippen LogP contribution in [0.3, 0.4) is 0 Å². The van der Waals surface area contributed by atoms with Crippen LogP contribution in [-0.4, -0.2) is 35.8 Å². The fourth-order valence-electron chi connectivity index (χ4n) is 3.03. The summed E-state index contributed by atoms with van der Waals surface area (Å²) in [6.07, 6.45) is 1.77. The highest BCUT2D eigenvalue weighted by atomic mass is 19.1. The van der Waals surface area contributed by atoms with Crippen LogP contribution in [0.2, 0.25) is 0 Å². The maximum absolute atomic E-state index is 14.1. The minimum absolute atomic E-state index is 0.00382. The average molecular weight is 276 g/mol. The number of nitrogens with zero attached hydrogens (tertiary/aromatic N) is 2. The molecule has 0 aromatic heterocycles. The van der Waals surface area contributed by atoms with Gasteiger partial charge >= 0.3 is 0 Å². The summed E-state index contributed by atoms with van der Waals surface area (Å²) in [7, 11) is 0. The van der Waals surface area contributed by atoms with E-state index in [0.29, 0.717) is 13.0 Å². The van der Waals surface area contributed by atoms with E-state index in [1.54, 1.807) is 24.0 Å². The van der Waals surface area contributed by atoms with E-state index in [0.717, 1.165) is 12.0 Å². The summed E-state index contributed by atoms with van der Waals surface area (Å²) in [5, 5.41) is 0. The van der Waals surface area contributed by atoms with Gasteiger partial charge in [-0.15, -0.1) is 0 Å². The topological polar surface area (TPSA) is 40.6 Å². The Balaban J connectivity index is 1.96. The van der Waals surface area contributed by atoms with Crippen LogP contribution < -0.4 is 4.90 Å². The molecule has 1 unspecified atom stereocenters. The molecule has 0 spiro atoms. The molecule has 1 atom stereocenters. The van der Waals surface area contributed by atoms with E-state index in [1.165, 1.54) is 11.0 Å². The van der Waals surface area contributed by atoms with Crippen LogP contribution in [0.4, 0.5) is 10.1 Å². The molecule has 20 heavy (non-hydrogen) atoms. The van der Waals surface area contributed by atoms with E-state index in [9.17, 15) is 14.0 Å². The van der Waals surface area contributed by atoms with Crippen molar-refractivity contribution in [2.45, 2.75) is 32.2 Å². The highest BCUT2D eigenvalue weighted by molar-refractivity contribution is 6.01. The number of halogens is 1. The molecule has 1 aromatic carbocycles. The lowest BCUT2D eigenvalue weighted by Gasteiger charge is -2.25. The summed E-state index contributed by atoms with van der Waals surface area (Å²) in [4.78, 5) is 27.7. The van der Waals surface area contributed by atoms with Gasteiger partial charge in [-0.05, 0) is 37.5 Å². The van der Waals surface area contributed by atoms with Crippen molar-refractivity contribution in [3.05, 3.63) is 29.6 Å². The van der Waals surface area contributed by atoms with Crippen LogP contribution in [-0.2, 0) is 9.59 Å². The molecule has 4 nitrogen and oxygen atoms in total. The molecule has 2 aliphatic heterocycles. The number of hydrogen-bond donors (Lipinski definition) is 0.